The Kier molecular flexibility index (Phi) is 5.49. The van der Waals surface area contributed by atoms with Crippen LogP contribution in [0.1, 0.15) is 33.6 Å². The van der Waals surface area contributed by atoms with Crippen molar-refractivity contribution in [1.82, 2.24) is 4.90 Å². The number of hydrogen-bond donors (Lipinski definition) is 0. The van der Waals surface area contributed by atoms with E-state index in [1.807, 2.05) is 20.8 Å². The van der Waals surface area contributed by atoms with Crippen LogP contribution < -0.4 is 4.74 Å². The van der Waals surface area contributed by atoms with Crippen molar-refractivity contribution in [3.8, 4) is 5.75 Å². The summed E-state index contributed by atoms with van der Waals surface area (Å²) in [5.74, 6) is -1.30. The van der Waals surface area contributed by atoms with E-state index in [9.17, 15) is 13.6 Å². The number of benzene rings is 1. The third kappa shape index (κ3) is 5.06. The molecule has 0 aliphatic carbocycles. The van der Waals surface area contributed by atoms with Crippen molar-refractivity contribution in [2.45, 2.75) is 45.3 Å². The zero-order chi connectivity index (χ0) is 17.2. The van der Waals surface area contributed by atoms with Gasteiger partial charge in [-0.2, -0.15) is 0 Å². The van der Waals surface area contributed by atoms with Gasteiger partial charge in [-0.25, -0.2) is 13.6 Å². The number of hydrogen-bond acceptors (Lipinski definition) is 3. The Labute approximate surface area is 142 Å². The van der Waals surface area contributed by atoms with E-state index in [0.717, 1.165) is 12.1 Å². The number of likely N-dealkylation sites (tertiary alicyclic amines) is 1. The highest BCUT2D eigenvalue weighted by atomic mass is 79.9. The molecule has 0 bridgehead atoms. The first-order valence-corrected chi connectivity index (χ1v) is 8.24. The van der Waals surface area contributed by atoms with Crippen LogP contribution in [-0.4, -0.2) is 35.8 Å². The molecule has 1 aromatic carbocycles. The van der Waals surface area contributed by atoms with E-state index < -0.39 is 17.2 Å². The summed E-state index contributed by atoms with van der Waals surface area (Å²) in [6.07, 6.45) is 0.452. The van der Waals surface area contributed by atoms with Crippen LogP contribution in [0.4, 0.5) is 13.6 Å². The van der Waals surface area contributed by atoms with Crippen molar-refractivity contribution >= 4 is 22.0 Å². The molecule has 0 radical (unpaired) electrons. The lowest BCUT2D eigenvalue weighted by Gasteiger charge is -2.33. The molecular formula is C16H20BrF2NO3. The van der Waals surface area contributed by atoms with Crippen molar-refractivity contribution in [3.63, 3.8) is 0 Å². The molecule has 23 heavy (non-hydrogen) atoms. The van der Waals surface area contributed by atoms with Gasteiger partial charge in [-0.15, -0.1) is 0 Å². The molecule has 1 aromatic rings. The smallest absolute Gasteiger partial charge is 0.410 e. The van der Waals surface area contributed by atoms with Crippen molar-refractivity contribution in [2.24, 2.45) is 0 Å². The average Bonchev–Trinajstić information content (AvgIpc) is 2.43. The lowest BCUT2D eigenvalue weighted by Crippen LogP contribution is -2.44. The molecule has 1 amide bonds. The number of amides is 1. The third-order valence-electron chi connectivity index (χ3n) is 3.36. The molecule has 1 saturated heterocycles. The van der Waals surface area contributed by atoms with Gasteiger partial charge in [0.05, 0.1) is 4.47 Å². The standard InChI is InChI=1S/C16H20BrF2NO3/c1-16(2,3)23-15(21)20-6-4-10(5-7-20)22-14-9-12(18)11(17)8-13(14)19/h8-10H,4-7H2,1-3H3. The number of carbonyl (C=O) groups is 1. The Balaban J connectivity index is 1.90. The second kappa shape index (κ2) is 7.03. The van der Waals surface area contributed by atoms with Gasteiger partial charge in [0, 0.05) is 32.0 Å². The van der Waals surface area contributed by atoms with Gasteiger partial charge in [-0.3, -0.25) is 0 Å². The fraction of sp³-hybridized carbons (Fsp3) is 0.562. The van der Waals surface area contributed by atoms with Gasteiger partial charge in [0.15, 0.2) is 11.6 Å². The minimum atomic E-state index is -0.618. The van der Waals surface area contributed by atoms with Crippen LogP contribution in [-0.2, 0) is 4.74 Å². The van der Waals surface area contributed by atoms with Crippen LogP contribution in [0.15, 0.2) is 16.6 Å². The van der Waals surface area contributed by atoms with Gasteiger partial charge < -0.3 is 14.4 Å². The van der Waals surface area contributed by atoms with E-state index in [2.05, 4.69) is 15.9 Å². The van der Waals surface area contributed by atoms with E-state index >= 15 is 0 Å². The van der Waals surface area contributed by atoms with Crippen LogP contribution in [0.2, 0.25) is 0 Å². The van der Waals surface area contributed by atoms with E-state index in [0.29, 0.717) is 25.9 Å². The summed E-state index contributed by atoms with van der Waals surface area (Å²) in [7, 11) is 0. The second-order valence-electron chi connectivity index (χ2n) is 6.48. The molecule has 0 saturated carbocycles. The van der Waals surface area contributed by atoms with Gasteiger partial charge in [0.2, 0.25) is 0 Å². The molecular weight excluding hydrogens is 372 g/mol. The first kappa shape index (κ1) is 18.0. The predicted molar refractivity (Wildman–Crippen MR) is 85.5 cm³/mol. The van der Waals surface area contributed by atoms with Gasteiger partial charge in [0.1, 0.15) is 17.5 Å². The summed E-state index contributed by atoms with van der Waals surface area (Å²) < 4.78 is 38.1. The monoisotopic (exact) mass is 391 g/mol. The minimum Gasteiger partial charge on any atom is -0.487 e. The maximum Gasteiger partial charge on any atom is 0.410 e. The van der Waals surface area contributed by atoms with Gasteiger partial charge in [-0.1, -0.05) is 0 Å². The topological polar surface area (TPSA) is 38.8 Å². The highest BCUT2D eigenvalue weighted by molar-refractivity contribution is 9.10. The van der Waals surface area contributed by atoms with Crippen molar-refractivity contribution in [3.05, 3.63) is 28.2 Å². The molecule has 7 heteroatoms. The third-order valence-corrected chi connectivity index (χ3v) is 3.97. The van der Waals surface area contributed by atoms with Crippen LogP contribution in [0.25, 0.3) is 0 Å². The molecule has 0 unspecified atom stereocenters. The van der Waals surface area contributed by atoms with Crippen molar-refractivity contribution in [2.75, 3.05) is 13.1 Å². The van der Waals surface area contributed by atoms with Crippen LogP contribution in [0.5, 0.6) is 5.75 Å². The first-order chi connectivity index (χ1) is 10.7. The molecule has 1 fully saturated rings. The van der Waals surface area contributed by atoms with Crippen LogP contribution in [0, 0.1) is 11.6 Å². The molecule has 1 aliphatic rings. The Morgan fingerprint density at radius 3 is 2.39 bits per heavy atom. The predicted octanol–water partition coefficient (Wildman–Crippen LogP) is 4.51. The Morgan fingerprint density at radius 2 is 1.83 bits per heavy atom. The maximum atomic E-state index is 13.8. The Morgan fingerprint density at radius 1 is 1.22 bits per heavy atom. The van der Waals surface area contributed by atoms with E-state index in [4.69, 9.17) is 9.47 Å². The largest absolute Gasteiger partial charge is 0.487 e. The van der Waals surface area contributed by atoms with Crippen molar-refractivity contribution < 1.29 is 23.0 Å². The van der Waals surface area contributed by atoms with E-state index in [1.165, 1.54) is 0 Å². The highest BCUT2D eigenvalue weighted by Gasteiger charge is 2.28. The first-order valence-electron chi connectivity index (χ1n) is 7.45. The number of carbonyl (C=O) groups excluding carboxylic acids is 1. The lowest BCUT2D eigenvalue weighted by molar-refractivity contribution is 0.0123. The minimum absolute atomic E-state index is 0.0575. The second-order valence-corrected chi connectivity index (χ2v) is 7.34. The number of nitrogens with zero attached hydrogens (tertiary/aromatic N) is 1. The Bertz CT molecular complexity index is 581. The molecule has 1 heterocycles. The Hall–Kier alpha value is -1.37. The average molecular weight is 392 g/mol. The fourth-order valence-corrected chi connectivity index (χ4v) is 2.57. The molecule has 128 valence electrons. The summed E-state index contributed by atoms with van der Waals surface area (Å²) in [4.78, 5) is 13.6. The highest BCUT2D eigenvalue weighted by Crippen LogP contribution is 2.27. The molecule has 0 aromatic heterocycles. The molecule has 0 spiro atoms. The van der Waals surface area contributed by atoms with Gasteiger partial charge in [-0.05, 0) is 42.8 Å². The zero-order valence-corrected chi connectivity index (χ0v) is 15.0. The van der Waals surface area contributed by atoms with E-state index in [-0.39, 0.29) is 22.4 Å². The molecule has 0 atom stereocenters. The summed E-state index contributed by atoms with van der Waals surface area (Å²) in [5, 5.41) is 0. The van der Waals surface area contributed by atoms with Crippen molar-refractivity contribution in [1.29, 1.82) is 0 Å². The van der Waals surface area contributed by atoms with Gasteiger partial charge in [0.25, 0.3) is 0 Å². The van der Waals surface area contributed by atoms with Crippen LogP contribution >= 0.6 is 15.9 Å². The summed E-state index contributed by atoms with van der Waals surface area (Å²) in [6.45, 7) is 6.35. The summed E-state index contributed by atoms with van der Waals surface area (Å²) >= 11 is 2.92. The SMILES string of the molecule is CC(C)(C)OC(=O)N1CCC(Oc2cc(F)c(Br)cc2F)CC1. The van der Waals surface area contributed by atoms with Crippen LogP contribution in [0.3, 0.4) is 0 Å². The summed E-state index contributed by atoms with van der Waals surface area (Å²) in [6, 6.07) is 2.07. The number of piperidine rings is 1. The molecule has 0 N–H and O–H groups in total. The lowest BCUT2D eigenvalue weighted by atomic mass is 10.1. The molecule has 1 aliphatic heterocycles. The fourth-order valence-electron chi connectivity index (χ4n) is 2.26. The quantitative estimate of drug-likeness (QED) is 0.696. The summed E-state index contributed by atoms with van der Waals surface area (Å²) in [5.41, 5.74) is -0.539. The number of halogens is 3. The molecule has 4 nitrogen and oxygen atoms in total. The zero-order valence-electron chi connectivity index (χ0n) is 13.4. The normalized spacial score (nSPS) is 16.3. The number of rotatable bonds is 2. The molecule has 2 rings (SSSR count). The number of ether oxygens (including phenoxy) is 2. The van der Waals surface area contributed by atoms with E-state index in [1.54, 1.807) is 4.90 Å². The van der Waals surface area contributed by atoms with Gasteiger partial charge >= 0.3 is 6.09 Å². The maximum absolute atomic E-state index is 13.8.